The zero-order valence-electron chi connectivity index (χ0n) is 7.83. The lowest BCUT2D eigenvalue weighted by Crippen LogP contribution is -2.36. The molecule has 0 aromatic heterocycles. The minimum atomic E-state index is -0.802. The summed E-state index contributed by atoms with van der Waals surface area (Å²) in [4.78, 5) is 0.959. The largest absolute Gasteiger partial charge is 0.313 e. The molecule has 0 bridgehead atoms. The fourth-order valence-electron chi connectivity index (χ4n) is 0.822. The molecule has 0 saturated heterocycles. The first-order chi connectivity index (χ1) is 6.55. The molecule has 0 heterocycles. The summed E-state index contributed by atoms with van der Waals surface area (Å²) in [6.07, 6.45) is 0. The summed E-state index contributed by atoms with van der Waals surface area (Å²) >= 11 is 7.45. The molecule has 74 valence electrons. The maximum atomic E-state index is 8.72. The first-order valence-corrected chi connectivity index (χ1v) is 5.49. The van der Waals surface area contributed by atoms with Gasteiger partial charge in [0.1, 0.15) is 5.54 Å². The lowest BCUT2D eigenvalue weighted by molar-refractivity contribution is 0.682. The van der Waals surface area contributed by atoms with Crippen molar-refractivity contribution in [1.29, 1.82) is 5.26 Å². The van der Waals surface area contributed by atoms with Gasteiger partial charge in [-0.3, -0.25) is 0 Å². The second-order valence-corrected chi connectivity index (χ2v) is 4.67. The van der Waals surface area contributed by atoms with E-state index in [-0.39, 0.29) is 0 Å². The Hall–Kier alpha value is -0.690. The number of nitriles is 1. The summed E-state index contributed by atoms with van der Waals surface area (Å²) in [7, 11) is 0. The van der Waals surface area contributed by atoms with Crippen LogP contribution in [0.25, 0.3) is 0 Å². The van der Waals surface area contributed by atoms with Crippen LogP contribution < -0.4 is 5.73 Å². The van der Waals surface area contributed by atoms with Crippen molar-refractivity contribution < 1.29 is 0 Å². The highest BCUT2D eigenvalue weighted by atomic mass is 35.5. The summed E-state index contributed by atoms with van der Waals surface area (Å²) in [6.45, 7) is 1.71. The van der Waals surface area contributed by atoms with Gasteiger partial charge in [0, 0.05) is 10.6 Å². The second-order valence-electron chi connectivity index (χ2n) is 3.25. The molecule has 1 aromatic carbocycles. The zero-order chi connectivity index (χ0) is 10.6. The SMILES string of the molecule is CC(N)(C#N)CSc1ccccc1Cl. The molecule has 1 unspecified atom stereocenters. The minimum Gasteiger partial charge on any atom is -0.313 e. The highest BCUT2D eigenvalue weighted by molar-refractivity contribution is 7.99. The van der Waals surface area contributed by atoms with Gasteiger partial charge in [-0.1, -0.05) is 23.7 Å². The quantitative estimate of drug-likeness (QED) is 0.807. The van der Waals surface area contributed by atoms with Crippen molar-refractivity contribution >= 4 is 23.4 Å². The molecule has 1 atom stereocenters. The average molecular weight is 227 g/mol. The van der Waals surface area contributed by atoms with E-state index in [9.17, 15) is 0 Å². The molecule has 0 amide bonds. The Bertz CT molecular complexity index is 357. The number of nitrogens with zero attached hydrogens (tertiary/aromatic N) is 1. The smallest absolute Gasteiger partial charge is 0.110 e. The first-order valence-electron chi connectivity index (χ1n) is 4.12. The van der Waals surface area contributed by atoms with Crippen LogP contribution in [0.1, 0.15) is 6.92 Å². The molecule has 0 aliphatic rings. The Kier molecular flexibility index (Phi) is 3.82. The molecular weight excluding hydrogens is 216 g/mol. The van der Waals surface area contributed by atoms with E-state index < -0.39 is 5.54 Å². The van der Waals surface area contributed by atoms with E-state index in [0.717, 1.165) is 4.90 Å². The van der Waals surface area contributed by atoms with Crippen molar-refractivity contribution in [3.63, 3.8) is 0 Å². The summed E-state index contributed by atoms with van der Waals surface area (Å²) < 4.78 is 0. The van der Waals surface area contributed by atoms with Gasteiger partial charge in [-0.25, -0.2) is 0 Å². The Morgan fingerprint density at radius 2 is 2.21 bits per heavy atom. The highest BCUT2D eigenvalue weighted by Gasteiger charge is 2.17. The molecule has 0 fully saturated rings. The van der Waals surface area contributed by atoms with Gasteiger partial charge < -0.3 is 5.73 Å². The summed E-state index contributed by atoms with van der Waals surface area (Å²) in [6, 6.07) is 9.57. The number of thioether (sulfide) groups is 1. The van der Waals surface area contributed by atoms with Crippen LogP contribution in [0.5, 0.6) is 0 Å². The summed E-state index contributed by atoms with van der Waals surface area (Å²) in [5.41, 5.74) is 4.89. The van der Waals surface area contributed by atoms with E-state index in [1.165, 1.54) is 11.8 Å². The van der Waals surface area contributed by atoms with E-state index in [1.54, 1.807) is 6.92 Å². The standard InChI is InChI=1S/C10H11ClN2S/c1-10(13,6-12)7-14-9-5-3-2-4-8(9)11/h2-5H,7,13H2,1H3. The van der Waals surface area contributed by atoms with Crippen molar-refractivity contribution in [2.24, 2.45) is 5.73 Å². The molecule has 0 aliphatic carbocycles. The van der Waals surface area contributed by atoms with Gasteiger partial charge in [-0.15, -0.1) is 11.8 Å². The topological polar surface area (TPSA) is 49.8 Å². The monoisotopic (exact) mass is 226 g/mol. The van der Waals surface area contributed by atoms with Gasteiger partial charge in [-0.05, 0) is 19.1 Å². The third kappa shape index (κ3) is 3.22. The van der Waals surface area contributed by atoms with Crippen molar-refractivity contribution in [2.45, 2.75) is 17.4 Å². The van der Waals surface area contributed by atoms with Crippen molar-refractivity contribution in [2.75, 3.05) is 5.75 Å². The number of halogens is 1. The molecule has 0 radical (unpaired) electrons. The van der Waals surface area contributed by atoms with E-state index >= 15 is 0 Å². The molecule has 0 spiro atoms. The Morgan fingerprint density at radius 3 is 2.79 bits per heavy atom. The molecule has 2 N–H and O–H groups in total. The minimum absolute atomic E-state index is 0.535. The second kappa shape index (κ2) is 4.70. The van der Waals surface area contributed by atoms with Crippen LogP contribution in [0.15, 0.2) is 29.2 Å². The zero-order valence-corrected chi connectivity index (χ0v) is 9.40. The van der Waals surface area contributed by atoms with Crippen LogP contribution in [0.2, 0.25) is 5.02 Å². The summed E-state index contributed by atoms with van der Waals surface area (Å²) in [5, 5.41) is 9.42. The van der Waals surface area contributed by atoms with Gasteiger partial charge in [0.05, 0.1) is 11.1 Å². The third-order valence-corrected chi connectivity index (χ3v) is 3.47. The molecular formula is C10H11ClN2S. The van der Waals surface area contributed by atoms with Crippen LogP contribution in [-0.4, -0.2) is 11.3 Å². The molecule has 14 heavy (non-hydrogen) atoms. The first kappa shape index (κ1) is 11.4. The fraction of sp³-hybridized carbons (Fsp3) is 0.300. The number of rotatable bonds is 3. The normalized spacial score (nSPS) is 14.4. The highest BCUT2D eigenvalue weighted by Crippen LogP contribution is 2.28. The van der Waals surface area contributed by atoms with Gasteiger partial charge in [0.25, 0.3) is 0 Å². The molecule has 0 saturated carbocycles. The summed E-state index contributed by atoms with van der Waals surface area (Å²) in [5.74, 6) is 0.535. The lowest BCUT2D eigenvalue weighted by Gasteiger charge is -2.14. The van der Waals surface area contributed by atoms with Crippen molar-refractivity contribution in [1.82, 2.24) is 0 Å². The molecule has 1 rings (SSSR count). The van der Waals surface area contributed by atoms with Crippen LogP contribution in [0.4, 0.5) is 0 Å². The van der Waals surface area contributed by atoms with Gasteiger partial charge >= 0.3 is 0 Å². The van der Waals surface area contributed by atoms with Crippen LogP contribution in [0, 0.1) is 11.3 Å². The Morgan fingerprint density at radius 1 is 1.57 bits per heavy atom. The Labute approximate surface area is 93.1 Å². The number of hydrogen-bond donors (Lipinski definition) is 1. The van der Waals surface area contributed by atoms with Gasteiger partial charge in [0.2, 0.25) is 0 Å². The van der Waals surface area contributed by atoms with Crippen LogP contribution in [-0.2, 0) is 0 Å². The van der Waals surface area contributed by atoms with Crippen molar-refractivity contribution in [3.8, 4) is 6.07 Å². The molecule has 0 aliphatic heterocycles. The van der Waals surface area contributed by atoms with Crippen LogP contribution in [0.3, 0.4) is 0 Å². The average Bonchev–Trinajstić information content (AvgIpc) is 2.17. The number of nitrogens with two attached hydrogens (primary N) is 1. The maximum Gasteiger partial charge on any atom is 0.110 e. The van der Waals surface area contributed by atoms with Gasteiger partial charge in [0.15, 0.2) is 0 Å². The van der Waals surface area contributed by atoms with Crippen LogP contribution >= 0.6 is 23.4 Å². The lowest BCUT2D eigenvalue weighted by atomic mass is 10.1. The maximum absolute atomic E-state index is 8.72. The molecule has 2 nitrogen and oxygen atoms in total. The van der Waals surface area contributed by atoms with Gasteiger partial charge in [-0.2, -0.15) is 5.26 Å². The number of hydrogen-bond acceptors (Lipinski definition) is 3. The molecule has 1 aromatic rings. The predicted octanol–water partition coefficient (Wildman–Crippen LogP) is 2.67. The van der Waals surface area contributed by atoms with Crippen molar-refractivity contribution in [3.05, 3.63) is 29.3 Å². The van der Waals surface area contributed by atoms with E-state index in [1.807, 2.05) is 30.3 Å². The van der Waals surface area contributed by atoms with E-state index in [2.05, 4.69) is 0 Å². The predicted molar refractivity (Wildman–Crippen MR) is 60.4 cm³/mol. The fourth-order valence-corrected chi connectivity index (χ4v) is 2.02. The van der Waals surface area contributed by atoms with E-state index in [4.69, 9.17) is 22.6 Å². The Balaban J connectivity index is 2.64. The molecule has 4 heteroatoms. The third-order valence-electron chi connectivity index (χ3n) is 1.62. The number of benzene rings is 1. The van der Waals surface area contributed by atoms with E-state index in [0.29, 0.717) is 10.8 Å².